The Hall–Kier alpha value is -2.43. The average Bonchev–Trinajstić information content (AvgIpc) is 2.37. The number of carbonyl (C=O) groups excluding carboxylic acids is 1. The first-order valence-electron chi connectivity index (χ1n) is 6.06. The number of halogens is 2. The zero-order chi connectivity index (χ0) is 14.7. The molecular weight excluding hydrogens is 262 g/mol. The highest BCUT2D eigenvalue weighted by Gasteiger charge is 2.13. The number of nitrogens with two attached hydrogens (primary N) is 1. The Morgan fingerprint density at radius 3 is 2.45 bits per heavy atom. The standard InChI is InChI=1S/C15H14F2N2O/c1-9-7-10(18)5-6-14(9)19-15(20)8-11-12(16)3-2-4-13(11)17/h2-7H,8,18H2,1H3,(H,19,20). The summed E-state index contributed by atoms with van der Waals surface area (Å²) in [6, 6.07) is 8.52. The summed E-state index contributed by atoms with van der Waals surface area (Å²) >= 11 is 0. The molecule has 5 heteroatoms. The lowest BCUT2D eigenvalue weighted by Crippen LogP contribution is -2.17. The van der Waals surface area contributed by atoms with E-state index in [-0.39, 0.29) is 12.0 Å². The monoisotopic (exact) mass is 276 g/mol. The highest BCUT2D eigenvalue weighted by Crippen LogP contribution is 2.19. The van der Waals surface area contributed by atoms with Crippen LogP contribution in [0.2, 0.25) is 0 Å². The molecule has 104 valence electrons. The first-order valence-corrected chi connectivity index (χ1v) is 6.06. The molecule has 0 atom stereocenters. The molecule has 20 heavy (non-hydrogen) atoms. The lowest BCUT2D eigenvalue weighted by atomic mass is 10.1. The molecule has 0 saturated carbocycles. The third-order valence-corrected chi connectivity index (χ3v) is 2.92. The number of hydrogen-bond acceptors (Lipinski definition) is 2. The molecule has 0 saturated heterocycles. The normalized spacial score (nSPS) is 10.3. The molecule has 0 heterocycles. The zero-order valence-electron chi connectivity index (χ0n) is 10.9. The van der Waals surface area contributed by atoms with Gasteiger partial charge in [0.25, 0.3) is 0 Å². The van der Waals surface area contributed by atoms with Crippen molar-refractivity contribution in [3.8, 4) is 0 Å². The summed E-state index contributed by atoms with van der Waals surface area (Å²) in [7, 11) is 0. The average molecular weight is 276 g/mol. The van der Waals surface area contributed by atoms with Gasteiger partial charge in [0.1, 0.15) is 11.6 Å². The second kappa shape index (κ2) is 5.69. The molecule has 0 fully saturated rings. The largest absolute Gasteiger partial charge is 0.399 e. The second-order valence-corrected chi connectivity index (χ2v) is 4.50. The van der Waals surface area contributed by atoms with Crippen LogP contribution in [0, 0.1) is 18.6 Å². The van der Waals surface area contributed by atoms with Crippen LogP contribution < -0.4 is 11.1 Å². The van der Waals surface area contributed by atoms with Crippen molar-refractivity contribution in [3.05, 3.63) is 59.2 Å². The lowest BCUT2D eigenvalue weighted by molar-refractivity contribution is -0.115. The minimum Gasteiger partial charge on any atom is -0.399 e. The number of hydrogen-bond donors (Lipinski definition) is 2. The van der Waals surface area contributed by atoms with Crippen molar-refractivity contribution in [2.45, 2.75) is 13.3 Å². The summed E-state index contributed by atoms with van der Waals surface area (Å²) in [5.41, 5.74) is 7.31. The number of rotatable bonds is 3. The van der Waals surface area contributed by atoms with Crippen LogP contribution in [0.15, 0.2) is 36.4 Å². The molecule has 2 aromatic rings. The highest BCUT2D eigenvalue weighted by atomic mass is 19.1. The number of nitrogen functional groups attached to an aromatic ring is 1. The number of aryl methyl sites for hydroxylation is 1. The van der Waals surface area contributed by atoms with Gasteiger partial charge in [-0.1, -0.05) is 6.07 Å². The smallest absolute Gasteiger partial charge is 0.229 e. The second-order valence-electron chi connectivity index (χ2n) is 4.50. The fourth-order valence-electron chi connectivity index (χ4n) is 1.88. The van der Waals surface area contributed by atoms with E-state index >= 15 is 0 Å². The molecule has 0 aliphatic heterocycles. The highest BCUT2D eigenvalue weighted by molar-refractivity contribution is 5.93. The third-order valence-electron chi connectivity index (χ3n) is 2.92. The van der Waals surface area contributed by atoms with E-state index in [1.54, 1.807) is 25.1 Å². The molecule has 0 aromatic heterocycles. The topological polar surface area (TPSA) is 55.1 Å². The van der Waals surface area contributed by atoms with Gasteiger partial charge in [-0.05, 0) is 42.8 Å². The van der Waals surface area contributed by atoms with Gasteiger partial charge in [0, 0.05) is 16.9 Å². The molecular formula is C15H14F2N2O. The van der Waals surface area contributed by atoms with Crippen LogP contribution in [-0.2, 0) is 11.2 Å². The van der Waals surface area contributed by atoms with E-state index in [9.17, 15) is 13.6 Å². The van der Waals surface area contributed by atoms with Crippen LogP contribution in [0.3, 0.4) is 0 Å². The van der Waals surface area contributed by atoms with E-state index in [4.69, 9.17) is 5.73 Å². The Morgan fingerprint density at radius 2 is 1.85 bits per heavy atom. The Bertz CT molecular complexity index is 636. The van der Waals surface area contributed by atoms with E-state index in [0.29, 0.717) is 11.4 Å². The minimum atomic E-state index is -0.728. The maximum absolute atomic E-state index is 13.4. The van der Waals surface area contributed by atoms with Gasteiger partial charge in [-0.15, -0.1) is 0 Å². The van der Waals surface area contributed by atoms with Crippen molar-refractivity contribution in [1.29, 1.82) is 0 Å². The Morgan fingerprint density at radius 1 is 1.20 bits per heavy atom. The molecule has 0 aliphatic rings. The fourth-order valence-corrected chi connectivity index (χ4v) is 1.88. The van der Waals surface area contributed by atoms with Gasteiger partial charge in [0.15, 0.2) is 0 Å². The summed E-state index contributed by atoms with van der Waals surface area (Å²) in [6.45, 7) is 1.79. The molecule has 0 radical (unpaired) electrons. The van der Waals surface area contributed by atoms with Crippen molar-refractivity contribution >= 4 is 17.3 Å². The Kier molecular flexibility index (Phi) is 3.98. The van der Waals surface area contributed by atoms with Gasteiger partial charge in [-0.25, -0.2) is 8.78 Å². The maximum Gasteiger partial charge on any atom is 0.229 e. The maximum atomic E-state index is 13.4. The molecule has 0 unspecified atom stereocenters. The zero-order valence-corrected chi connectivity index (χ0v) is 10.9. The molecule has 3 N–H and O–H groups in total. The van der Waals surface area contributed by atoms with Crippen molar-refractivity contribution in [2.24, 2.45) is 0 Å². The predicted octanol–water partition coefficient (Wildman–Crippen LogP) is 3.04. The van der Waals surface area contributed by atoms with Gasteiger partial charge in [0.2, 0.25) is 5.91 Å². The molecule has 0 spiro atoms. The number of benzene rings is 2. The summed E-state index contributed by atoms with van der Waals surface area (Å²) in [5.74, 6) is -1.94. The van der Waals surface area contributed by atoms with E-state index < -0.39 is 17.5 Å². The van der Waals surface area contributed by atoms with E-state index in [1.165, 1.54) is 6.07 Å². The van der Waals surface area contributed by atoms with E-state index in [2.05, 4.69) is 5.32 Å². The Balaban J connectivity index is 2.13. The minimum absolute atomic E-state index is 0.238. The summed E-state index contributed by atoms with van der Waals surface area (Å²) in [4.78, 5) is 11.8. The first-order chi connectivity index (χ1) is 9.47. The number of carbonyl (C=O) groups is 1. The SMILES string of the molecule is Cc1cc(N)ccc1NC(=O)Cc1c(F)cccc1F. The molecule has 2 rings (SSSR count). The summed E-state index contributed by atoms with van der Waals surface area (Å²) in [5, 5.41) is 2.61. The number of amides is 1. The molecule has 3 nitrogen and oxygen atoms in total. The van der Waals surface area contributed by atoms with Crippen LogP contribution in [0.4, 0.5) is 20.2 Å². The lowest BCUT2D eigenvalue weighted by Gasteiger charge is -2.10. The van der Waals surface area contributed by atoms with Gasteiger partial charge < -0.3 is 11.1 Å². The van der Waals surface area contributed by atoms with E-state index in [1.807, 2.05) is 0 Å². The van der Waals surface area contributed by atoms with Crippen molar-refractivity contribution in [2.75, 3.05) is 11.1 Å². The van der Waals surface area contributed by atoms with E-state index in [0.717, 1.165) is 17.7 Å². The van der Waals surface area contributed by atoms with Crippen LogP contribution in [0.1, 0.15) is 11.1 Å². The fraction of sp³-hybridized carbons (Fsp3) is 0.133. The van der Waals surface area contributed by atoms with Crippen molar-refractivity contribution in [3.63, 3.8) is 0 Å². The molecule has 1 amide bonds. The molecule has 2 aromatic carbocycles. The third kappa shape index (κ3) is 3.12. The molecule has 0 bridgehead atoms. The van der Waals surface area contributed by atoms with Gasteiger partial charge in [-0.2, -0.15) is 0 Å². The summed E-state index contributed by atoms with van der Waals surface area (Å²) < 4.78 is 26.9. The van der Waals surface area contributed by atoms with Crippen molar-refractivity contribution in [1.82, 2.24) is 0 Å². The quantitative estimate of drug-likeness (QED) is 0.847. The number of nitrogens with one attached hydrogen (secondary N) is 1. The Labute approximate surface area is 115 Å². The van der Waals surface area contributed by atoms with Crippen LogP contribution >= 0.6 is 0 Å². The van der Waals surface area contributed by atoms with Gasteiger partial charge >= 0.3 is 0 Å². The summed E-state index contributed by atoms with van der Waals surface area (Å²) in [6.07, 6.45) is -0.359. The van der Waals surface area contributed by atoms with Gasteiger partial charge in [0.05, 0.1) is 6.42 Å². The van der Waals surface area contributed by atoms with Crippen LogP contribution in [0.5, 0.6) is 0 Å². The number of anilines is 2. The predicted molar refractivity (Wildman–Crippen MR) is 74.3 cm³/mol. The molecule has 0 aliphatic carbocycles. The van der Waals surface area contributed by atoms with Crippen LogP contribution in [-0.4, -0.2) is 5.91 Å². The van der Waals surface area contributed by atoms with Crippen LogP contribution in [0.25, 0.3) is 0 Å². The van der Waals surface area contributed by atoms with Gasteiger partial charge in [-0.3, -0.25) is 4.79 Å². The van der Waals surface area contributed by atoms with Crippen molar-refractivity contribution < 1.29 is 13.6 Å². The first kappa shape index (κ1) is 14.0.